The highest BCUT2D eigenvalue weighted by Crippen LogP contribution is 2.33. The van der Waals surface area contributed by atoms with Crippen molar-refractivity contribution in [1.29, 1.82) is 0 Å². The third-order valence-electron chi connectivity index (χ3n) is 5.78. The van der Waals surface area contributed by atoms with Crippen molar-refractivity contribution < 1.29 is 19.3 Å². The van der Waals surface area contributed by atoms with Crippen LogP contribution in [0.1, 0.15) is 74.7 Å². The average Bonchev–Trinajstić information content (AvgIpc) is 2.98. The summed E-state index contributed by atoms with van der Waals surface area (Å²) in [6.45, 7) is -0.386. The first kappa shape index (κ1) is 19.0. The molecule has 2 aromatic rings. The van der Waals surface area contributed by atoms with E-state index in [0.717, 1.165) is 23.8 Å². The van der Waals surface area contributed by atoms with E-state index in [0.29, 0.717) is 11.5 Å². The molecule has 7 nitrogen and oxygen atoms in total. The molecule has 1 aliphatic heterocycles. The van der Waals surface area contributed by atoms with Crippen LogP contribution in [0, 0.1) is 10.1 Å². The van der Waals surface area contributed by atoms with Crippen molar-refractivity contribution in [2.75, 3.05) is 6.54 Å². The van der Waals surface area contributed by atoms with Crippen LogP contribution in [0.4, 0.5) is 5.69 Å². The highest BCUT2D eigenvalue weighted by molar-refractivity contribution is 6.23. The minimum atomic E-state index is -0.680. The van der Waals surface area contributed by atoms with Gasteiger partial charge >= 0.3 is 0 Å². The van der Waals surface area contributed by atoms with Crippen molar-refractivity contribution in [1.82, 2.24) is 4.90 Å². The van der Waals surface area contributed by atoms with E-state index in [1.807, 2.05) is 12.1 Å². The van der Waals surface area contributed by atoms with Gasteiger partial charge in [0.05, 0.1) is 22.6 Å². The Morgan fingerprint density at radius 2 is 1.62 bits per heavy atom. The highest BCUT2D eigenvalue weighted by Gasteiger charge is 2.37. The lowest BCUT2D eigenvalue weighted by atomic mass is 9.84. The first-order valence-electron chi connectivity index (χ1n) is 9.73. The third-order valence-corrected chi connectivity index (χ3v) is 5.78. The maximum atomic E-state index is 12.7. The van der Waals surface area contributed by atoms with E-state index in [2.05, 4.69) is 0 Å². The second kappa shape index (κ2) is 7.58. The molecule has 1 heterocycles. The van der Waals surface area contributed by atoms with E-state index in [-0.39, 0.29) is 29.1 Å². The molecule has 2 amide bonds. The predicted molar refractivity (Wildman–Crippen MR) is 105 cm³/mol. The number of carbonyl (C=O) groups is 3. The lowest BCUT2D eigenvalue weighted by Gasteiger charge is -2.22. The number of nitro groups is 1. The standard InChI is InChI=1S/C22H20N2O5/c25-20(16-8-6-15(7-9-16)14-4-2-1-3-5-14)13-23-21(26)18-11-10-17(24(28)29)12-19(18)22(23)27/h6-12,14H,1-5,13H2. The Kier molecular flexibility index (Phi) is 4.96. The normalized spacial score (nSPS) is 16.8. The van der Waals surface area contributed by atoms with E-state index >= 15 is 0 Å². The topological polar surface area (TPSA) is 97.6 Å². The minimum absolute atomic E-state index is 0.0374. The largest absolute Gasteiger partial charge is 0.292 e. The van der Waals surface area contributed by atoms with Crippen LogP contribution in [0.3, 0.4) is 0 Å². The molecule has 0 N–H and O–H groups in total. The number of imide groups is 1. The summed E-state index contributed by atoms with van der Waals surface area (Å²) >= 11 is 0. The van der Waals surface area contributed by atoms with E-state index < -0.39 is 16.7 Å². The third kappa shape index (κ3) is 3.55. The van der Waals surface area contributed by atoms with Gasteiger partial charge in [0.15, 0.2) is 5.78 Å². The Morgan fingerprint density at radius 3 is 2.28 bits per heavy atom. The Labute approximate surface area is 167 Å². The van der Waals surface area contributed by atoms with Gasteiger partial charge in [0.2, 0.25) is 0 Å². The van der Waals surface area contributed by atoms with Gasteiger partial charge in [-0.3, -0.25) is 29.4 Å². The molecule has 0 saturated heterocycles. The molecular formula is C22H20N2O5. The highest BCUT2D eigenvalue weighted by atomic mass is 16.6. The first-order valence-corrected chi connectivity index (χ1v) is 9.73. The smallest absolute Gasteiger partial charge is 0.270 e. The van der Waals surface area contributed by atoms with Gasteiger partial charge in [-0.05, 0) is 30.4 Å². The summed E-state index contributed by atoms with van der Waals surface area (Å²) in [5.41, 5.74) is 1.43. The Bertz CT molecular complexity index is 1010. The lowest BCUT2D eigenvalue weighted by molar-refractivity contribution is -0.384. The maximum absolute atomic E-state index is 12.7. The SMILES string of the molecule is O=C(CN1C(=O)c2ccc([N+](=O)[O-])cc2C1=O)c1ccc(C2CCCCC2)cc1. The van der Waals surface area contributed by atoms with Crippen LogP contribution in [0.15, 0.2) is 42.5 Å². The summed E-state index contributed by atoms with van der Waals surface area (Å²) in [6.07, 6.45) is 6.05. The number of fused-ring (bicyclic) bond motifs is 1. The fraction of sp³-hybridized carbons (Fsp3) is 0.318. The number of ketones is 1. The van der Waals surface area contributed by atoms with Crippen molar-refractivity contribution in [2.24, 2.45) is 0 Å². The van der Waals surface area contributed by atoms with Crippen LogP contribution in [0.5, 0.6) is 0 Å². The molecule has 1 fully saturated rings. The number of nitrogens with zero attached hydrogens (tertiary/aromatic N) is 2. The molecule has 0 radical (unpaired) electrons. The van der Waals surface area contributed by atoms with E-state index in [1.165, 1.54) is 37.0 Å². The van der Waals surface area contributed by atoms with Gasteiger partial charge in [0, 0.05) is 17.7 Å². The van der Waals surface area contributed by atoms with Crippen LogP contribution in [0.25, 0.3) is 0 Å². The molecular weight excluding hydrogens is 372 g/mol. The summed E-state index contributed by atoms with van der Waals surface area (Å²) < 4.78 is 0. The van der Waals surface area contributed by atoms with Crippen LogP contribution in [-0.4, -0.2) is 34.0 Å². The van der Waals surface area contributed by atoms with E-state index in [1.54, 1.807) is 12.1 Å². The fourth-order valence-corrected chi connectivity index (χ4v) is 4.15. The Morgan fingerprint density at radius 1 is 0.966 bits per heavy atom. The number of amides is 2. The van der Waals surface area contributed by atoms with Crippen LogP contribution in [0.2, 0.25) is 0 Å². The summed E-state index contributed by atoms with van der Waals surface area (Å²) in [6, 6.07) is 10.9. The van der Waals surface area contributed by atoms with Crippen molar-refractivity contribution in [3.63, 3.8) is 0 Å². The number of carbonyl (C=O) groups excluding carboxylic acids is 3. The zero-order chi connectivity index (χ0) is 20.5. The number of benzene rings is 2. The average molecular weight is 392 g/mol. The second-order valence-electron chi connectivity index (χ2n) is 7.56. The van der Waals surface area contributed by atoms with Gasteiger partial charge in [-0.15, -0.1) is 0 Å². The van der Waals surface area contributed by atoms with Crippen molar-refractivity contribution in [3.05, 3.63) is 74.8 Å². The van der Waals surface area contributed by atoms with E-state index in [4.69, 9.17) is 0 Å². The van der Waals surface area contributed by atoms with Gasteiger partial charge in [0.1, 0.15) is 0 Å². The van der Waals surface area contributed by atoms with Crippen LogP contribution >= 0.6 is 0 Å². The zero-order valence-corrected chi connectivity index (χ0v) is 15.8. The molecule has 0 atom stereocenters. The van der Waals surface area contributed by atoms with Crippen molar-refractivity contribution in [3.8, 4) is 0 Å². The molecule has 1 saturated carbocycles. The van der Waals surface area contributed by atoms with Gasteiger partial charge in [-0.1, -0.05) is 43.5 Å². The van der Waals surface area contributed by atoms with Gasteiger partial charge in [-0.25, -0.2) is 0 Å². The first-order chi connectivity index (χ1) is 14.0. The van der Waals surface area contributed by atoms with Crippen LogP contribution < -0.4 is 0 Å². The van der Waals surface area contributed by atoms with Gasteiger partial charge < -0.3 is 0 Å². The lowest BCUT2D eigenvalue weighted by Crippen LogP contribution is -2.34. The molecule has 2 aliphatic rings. The minimum Gasteiger partial charge on any atom is -0.292 e. The second-order valence-corrected chi connectivity index (χ2v) is 7.56. The number of non-ortho nitro benzene ring substituents is 1. The molecule has 0 spiro atoms. The maximum Gasteiger partial charge on any atom is 0.270 e. The van der Waals surface area contributed by atoms with Crippen molar-refractivity contribution >= 4 is 23.3 Å². The van der Waals surface area contributed by atoms with Gasteiger partial charge in [-0.2, -0.15) is 0 Å². The molecule has 29 heavy (non-hydrogen) atoms. The quantitative estimate of drug-likeness (QED) is 0.330. The number of hydrogen-bond donors (Lipinski definition) is 0. The summed E-state index contributed by atoms with van der Waals surface area (Å²) in [4.78, 5) is 48.8. The number of Topliss-reactive ketones (excluding diaryl/α,β-unsaturated/α-hetero) is 1. The fourth-order valence-electron chi connectivity index (χ4n) is 4.15. The van der Waals surface area contributed by atoms with Crippen molar-refractivity contribution in [2.45, 2.75) is 38.0 Å². The molecule has 2 aromatic carbocycles. The molecule has 7 heteroatoms. The number of nitro benzene ring substituents is 1. The zero-order valence-electron chi connectivity index (χ0n) is 15.8. The van der Waals surface area contributed by atoms with E-state index in [9.17, 15) is 24.5 Å². The monoisotopic (exact) mass is 392 g/mol. The molecule has 4 rings (SSSR count). The molecule has 0 unspecified atom stereocenters. The van der Waals surface area contributed by atoms with Gasteiger partial charge in [0.25, 0.3) is 17.5 Å². The summed E-state index contributed by atoms with van der Waals surface area (Å²) in [5, 5.41) is 10.9. The predicted octanol–water partition coefficient (Wildman–Crippen LogP) is 4.12. The summed E-state index contributed by atoms with van der Waals surface area (Å²) in [5.74, 6) is -1.10. The van der Waals surface area contributed by atoms with Crippen LogP contribution in [-0.2, 0) is 0 Å². The number of rotatable bonds is 5. The molecule has 0 aromatic heterocycles. The summed E-state index contributed by atoms with van der Waals surface area (Å²) in [7, 11) is 0. The Balaban J connectivity index is 1.49. The molecule has 148 valence electrons. The molecule has 0 bridgehead atoms. The molecule has 1 aliphatic carbocycles. The Hall–Kier alpha value is -3.35. The number of hydrogen-bond acceptors (Lipinski definition) is 5.